The van der Waals surface area contributed by atoms with E-state index in [1.807, 2.05) is 36.4 Å². The zero-order valence-electron chi connectivity index (χ0n) is 11.6. The molecule has 0 fully saturated rings. The average Bonchev–Trinajstić information content (AvgIpc) is 2.42. The number of anilines is 3. The first-order valence-electron chi connectivity index (χ1n) is 6.66. The number of nitrogen functional groups attached to an aromatic ring is 2. The van der Waals surface area contributed by atoms with Crippen molar-refractivity contribution in [2.24, 2.45) is 0 Å². The van der Waals surface area contributed by atoms with E-state index in [1.165, 1.54) is 11.3 Å². The van der Waals surface area contributed by atoms with Gasteiger partial charge in [-0.15, -0.1) is 0 Å². The minimum absolute atomic E-state index is 0.781. The van der Waals surface area contributed by atoms with Crippen molar-refractivity contribution in [1.29, 1.82) is 0 Å². The average molecular weight is 255 g/mol. The largest absolute Gasteiger partial charge is 0.399 e. The molecule has 0 unspecified atom stereocenters. The number of nitrogens with two attached hydrogens (primary N) is 2. The van der Waals surface area contributed by atoms with Gasteiger partial charge < -0.3 is 16.4 Å². The summed E-state index contributed by atoms with van der Waals surface area (Å²) in [5.41, 5.74) is 16.8. The second-order valence-electron chi connectivity index (χ2n) is 4.57. The van der Waals surface area contributed by atoms with E-state index in [2.05, 4.69) is 24.8 Å². The number of hydrogen-bond acceptors (Lipinski definition) is 3. The molecule has 19 heavy (non-hydrogen) atoms. The summed E-state index contributed by atoms with van der Waals surface area (Å²) in [6.07, 6.45) is 0. The molecule has 0 aliphatic heterocycles. The van der Waals surface area contributed by atoms with E-state index >= 15 is 0 Å². The number of rotatable bonds is 4. The summed E-state index contributed by atoms with van der Waals surface area (Å²) in [6, 6.07) is 14.0. The van der Waals surface area contributed by atoms with Gasteiger partial charge in [-0.3, -0.25) is 0 Å². The maximum atomic E-state index is 5.93. The number of nitrogens with zero attached hydrogens (tertiary/aromatic N) is 1. The van der Waals surface area contributed by atoms with Gasteiger partial charge in [0.05, 0.1) is 0 Å². The lowest BCUT2D eigenvalue weighted by Crippen LogP contribution is -2.22. The van der Waals surface area contributed by atoms with Crippen LogP contribution in [0, 0.1) is 0 Å². The third kappa shape index (κ3) is 2.81. The van der Waals surface area contributed by atoms with Crippen LogP contribution in [0.4, 0.5) is 17.1 Å². The smallest absolute Gasteiger partial charge is 0.0466 e. The van der Waals surface area contributed by atoms with E-state index in [4.69, 9.17) is 11.5 Å². The lowest BCUT2D eigenvalue weighted by Gasteiger charge is -2.24. The van der Waals surface area contributed by atoms with Crippen molar-refractivity contribution in [2.75, 3.05) is 29.5 Å². The summed E-state index contributed by atoms with van der Waals surface area (Å²) in [7, 11) is 0. The lowest BCUT2D eigenvalue weighted by molar-refractivity contribution is 0.867. The van der Waals surface area contributed by atoms with Crippen LogP contribution in [-0.2, 0) is 0 Å². The summed E-state index contributed by atoms with van der Waals surface area (Å²) in [4.78, 5) is 2.31. The fourth-order valence-corrected chi connectivity index (χ4v) is 2.28. The van der Waals surface area contributed by atoms with Crippen molar-refractivity contribution in [3.8, 4) is 11.1 Å². The summed E-state index contributed by atoms with van der Waals surface area (Å²) in [5.74, 6) is 0. The molecule has 2 rings (SSSR count). The van der Waals surface area contributed by atoms with Crippen LogP contribution in [0.2, 0.25) is 0 Å². The van der Waals surface area contributed by atoms with Gasteiger partial charge in [0.15, 0.2) is 0 Å². The van der Waals surface area contributed by atoms with E-state index in [0.29, 0.717) is 0 Å². The van der Waals surface area contributed by atoms with Gasteiger partial charge >= 0.3 is 0 Å². The normalized spacial score (nSPS) is 10.4. The second-order valence-corrected chi connectivity index (χ2v) is 4.57. The topological polar surface area (TPSA) is 55.3 Å². The van der Waals surface area contributed by atoms with E-state index < -0.39 is 0 Å². The van der Waals surface area contributed by atoms with Crippen LogP contribution >= 0.6 is 0 Å². The maximum absolute atomic E-state index is 5.93. The molecule has 100 valence electrons. The molecule has 3 nitrogen and oxygen atoms in total. The van der Waals surface area contributed by atoms with Gasteiger partial charge in [-0.1, -0.05) is 18.2 Å². The molecule has 0 radical (unpaired) electrons. The Labute approximate surface area is 114 Å². The molecule has 4 N–H and O–H groups in total. The van der Waals surface area contributed by atoms with Crippen LogP contribution in [0.3, 0.4) is 0 Å². The second kappa shape index (κ2) is 5.65. The Morgan fingerprint density at radius 2 is 1.42 bits per heavy atom. The first kappa shape index (κ1) is 13.3. The van der Waals surface area contributed by atoms with Gasteiger partial charge in [0, 0.05) is 35.7 Å². The minimum Gasteiger partial charge on any atom is -0.399 e. The van der Waals surface area contributed by atoms with E-state index in [1.54, 1.807) is 0 Å². The molecule has 0 bridgehead atoms. The monoisotopic (exact) mass is 255 g/mol. The van der Waals surface area contributed by atoms with Gasteiger partial charge in [0.2, 0.25) is 0 Å². The molecule has 0 heterocycles. The molecule has 0 atom stereocenters. The predicted octanol–water partition coefficient (Wildman–Crippen LogP) is 3.36. The zero-order valence-corrected chi connectivity index (χ0v) is 11.6. The Kier molecular flexibility index (Phi) is 3.95. The van der Waals surface area contributed by atoms with Crippen molar-refractivity contribution < 1.29 is 0 Å². The molecule has 2 aromatic rings. The van der Waals surface area contributed by atoms with Crippen LogP contribution in [-0.4, -0.2) is 13.1 Å². The number of hydrogen-bond donors (Lipinski definition) is 2. The molecule has 0 spiro atoms. The molecule has 0 aliphatic rings. The van der Waals surface area contributed by atoms with Crippen LogP contribution in [0.5, 0.6) is 0 Å². The summed E-state index contributed by atoms with van der Waals surface area (Å²) in [6.45, 7) is 6.22. The van der Waals surface area contributed by atoms with Gasteiger partial charge in [0.1, 0.15) is 0 Å². The lowest BCUT2D eigenvalue weighted by atomic mass is 10.0. The molecule has 0 amide bonds. The Morgan fingerprint density at radius 1 is 0.842 bits per heavy atom. The summed E-state index contributed by atoms with van der Waals surface area (Å²) in [5, 5.41) is 0. The molecule has 0 aliphatic carbocycles. The highest BCUT2D eigenvalue weighted by molar-refractivity contribution is 5.81. The van der Waals surface area contributed by atoms with Gasteiger partial charge in [-0.25, -0.2) is 0 Å². The third-order valence-electron chi connectivity index (χ3n) is 3.35. The van der Waals surface area contributed by atoms with Crippen molar-refractivity contribution in [2.45, 2.75) is 13.8 Å². The zero-order chi connectivity index (χ0) is 13.8. The molecule has 0 aromatic heterocycles. The first-order valence-corrected chi connectivity index (χ1v) is 6.66. The van der Waals surface area contributed by atoms with Gasteiger partial charge in [-0.2, -0.15) is 0 Å². The molecule has 3 heteroatoms. The molecule has 2 aromatic carbocycles. The van der Waals surface area contributed by atoms with Crippen LogP contribution < -0.4 is 16.4 Å². The molecular formula is C16H21N3. The Balaban J connectivity index is 2.53. The van der Waals surface area contributed by atoms with Crippen LogP contribution in [0.15, 0.2) is 42.5 Å². The van der Waals surface area contributed by atoms with E-state index in [-0.39, 0.29) is 0 Å². The summed E-state index contributed by atoms with van der Waals surface area (Å²) >= 11 is 0. The van der Waals surface area contributed by atoms with Gasteiger partial charge in [0.25, 0.3) is 0 Å². The standard InChI is InChI=1S/C16H21N3/c1-3-19(4-2)16-11-14(18)9-10-15(16)12-5-7-13(17)8-6-12/h5-11H,3-4,17-18H2,1-2H3. The highest BCUT2D eigenvalue weighted by Crippen LogP contribution is 2.33. The maximum Gasteiger partial charge on any atom is 0.0466 e. The quantitative estimate of drug-likeness (QED) is 0.824. The van der Waals surface area contributed by atoms with Crippen molar-refractivity contribution >= 4 is 17.1 Å². The fourth-order valence-electron chi connectivity index (χ4n) is 2.28. The highest BCUT2D eigenvalue weighted by Gasteiger charge is 2.10. The highest BCUT2D eigenvalue weighted by atomic mass is 15.1. The van der Waals surface area contributed by atoms with E-state index in [0.717, 1.165) is 30.0 Å². The Hall–Kier alpha value is -2.16. The van der Waals surface area contributed by atoms with Crippen molar-refractivity contribution in [3.63, 3.8) is 0 Å². The Bertz CT molecular complexity index is 542. The van der Waals surface area contributed by atoms with Crippen molar-refractivity contribution in [3.05, 3.63) is 42.5 Å². The van der Waals surface area contributed by atoms with Crippen LogP contribution in [0.1, 0.15) is 13.8 Å². The first-order chi connectivity index (χ1) is 9.15. The minimum atomic E-state index is 0.781. The summed E-state index contributed by atoms with van der Waals surface area (Å²) < 4.78 is 0. The molecule has 0 saturated heterocycles. The van der Waals surface area contributed by atoms with Crippen LogP contribution in [0.25, 0.3) is 11.1 Å². The van der Waals surface area contributed by atoms with Crippen molar-refractivity contribution in [1.82, 2.24) is 0 Å². The number of benzene rings is 2. The molecular weight excluding hydrogens is 234 g/mol. The predicted molar refractivity (Wildman–Crippen MR) is 84.3 cm³/mol. The fraction of sp³-hybridized carbons (Fsp3) is 0.250. The SMILES string of the molecule is CCN(CC)c1cc(N)ccc1-c1ccc(N)cc1. The van der Waals surface area contributed by atoms with E-state index in [9.17, 15) is 0 Å². The molecule has 0 saturated carbocycles. The Morgan fingerprint density at radius 3 is 2.00 bits per heavy atom. The van der Waals surface area contributed by atoms with Gasteiger partial charge in [-0.05, 0) is 43.7 Å². The third-order valence-corrected chi connectivity index (χ3v) is 3.35.